The first kappa shape index (κ1) is 15.2. The van der Waals surface area contributed by atoms with Gasteiger partial charge in [0.15, 0.2) is 0 Å². The smallest absolute Gasteiger partial charge is 0.0743 e. The molecule has 2 atom stereocenters. The van der Waals surface area contributed by atoms with Gasteiger partial charge < -0.3 is 10.4 Å². The molecule has 0 radical (unpaired) electrons. The zero-order valence-electron chi connectivity index (χ0n) is 12.1. The number of nitrogens with one attached hydrogen (secondary N) is 1. The van der Waals surface area contributed by atoms with E-state index in [0.29, 0.717) is 18.5 Å². The van der Waals surface area contributed by atoms with Gasteiger partial charge in [0.05, 0.1) is 12.1 Å². The van der Waals surface area contributed by atoms with Gasteiger partial charge in [-0.1, -0.05) is 27.2 Å². The molecular formula is C14H27N3O. The van der Waals surface area contributed by atoms with Gasteiger partial charge in [-0.25, -0.2) is 0 Å². The quantitative estimate of drug-likeness (QED) is 0.745. The number of hydrogen-bond donors (Lipinski definition) is 2. The molecule has 18 heavy (non-hydrogen) atoms. The topological polar surface area (TPSA) is 50.1 Å². The standard InChI is InChI=1S/C14H27N3O/c1-5-7-14(4,18)11-15-13(12(2)3)10-17-9-6-8-16-17/h6,8-9,12-13,15,18H,5,7,10-11H2,1-4H3. The van der Waals surface area contributed by atoms with E-state index >= 15 is 0 Å². The molecule has 0 amide bonds. The third kappa shape index (κ3) is 5.19. The highest BCUT2D eigenvalue weighted by molar-refractivity contribution is 4.83. The monoisotopic (exact) mass is 253 g/mol. The van der Waals surface area contributed by atoms with Crippen molar-refractivity contribution in [3.05, 3.63) is 18.5 Å². The number of aromatic nitrogens is 2. The van der Waals surface area contributed by atoms with Gasteiger partial charge in [0.2, 0.25) is 0 Å². The van der Waals surface area contributed by atoms with E-state index in [1.54, 1.807) is 6.20 Å². The Morgan fingerprint density at radius 2 is 2.17 bits per heavy atom. The summed E-state index contributed by atoms with van der Waals surface area (Å²) in [5.74, 6) is 0.506. The van der Waals surface area contributed by atoms with Crippen molar-refractivity contribution in [1.82, 2.24) is 15.1 Å². The molecule has 0 fully saturated rings. The van der Waals surface area contributed by atoms with Crippen LogP contribution in [0.5, 0.6) is 0 Å². The molecule has 0 aliphatic heterocycles. The van der Waals surface area contributed by atoms with Crippen LogP contribution in [0.15, 0.2) is 18.5 Å². The first-order valence-electron chi connectivity index (χ1n) is 6.88. The fourth-order valence-corrected chi connectivity index (χ4v) is 2.10. The van der Waals surface area contributed by atoms with Crippen molar-refractivity contribution < 1.29 is 5.11 Å². The molecule has 2 unspecified atom stereocenters. The Hall–Kier alpha value is -0.870. The highest BCUT2D eigenvalue weighted by atomic mass is 16.3. The first-order valence-corrected chi connectivity index (χ1v) is 6.88. The first-order chi connectivity index (χ1) is 8.44. The van der Waals surface area contributed by atoms with Crippen LogP contribution in [0.1, 0.15) is 40.5 Å². The van der Waals surface area contributed by atoms with Crippen LogP contribution >= 0.6 is 0 Å². The summed E-state index contributed by atoms with van der Waals surface area (Å²) < 4.78 is 1.94. The van der Waals surface area contributed by atoms with Crippen LogP contribution in [0.25, 0.3) is 0 Å². The maximum Gasteiger partial charge on any atom is 0.0743 e. The van der Waals surface area contributed by atoms with E-state index in [1.165, 1.54) is 0 Å². The van der Waals surface area contributed by atoms with Crippen molar-refractivity contribution in [2.45, 2.75) is 58.7 Å². The van der Waals surface area contributed by atoms with Gasteiger partial charge in [0, 0.05) is 25.0 Å². The van der Waals surface area contributed by atoms with Gasteiger partial charge in [-0.2, -0.15) is 5.10 Å². The van der Waals surface area contributed by atoms with Crippen molar-refractivity contribution in [2.24, 2.45) is 5.92 Å². The average Bonchev–Trinajstić information content (AvgIpc) is 2.76. The van der Waals surface area contributed by atoms with E-state index in [9.17, 15) is 5.11 Å². The van der Waals surface area contributed by atoms with E-state index in [-0.39, 0.29) is 0 Å². The third-order valence-corrected chi connectivity index (χ3v) is 3.28. The summed E-state index contributed by atoms with van der Waals surface area (Å²) in [6.07, 6.45) is 5.60. The van der Waals surface area contributed by atoms with Crippen LogP contribution < -0.4 is 5.32 Å². The summed E-state index contributed by atoms with van der Waals surface area (Å²) in [5.41, 5.74) is -0.619. The van der Waals surface area contributed by atoms with Crippen molar-refractivity contribution in [3.8, 4) is 0 Å². The molecule has 0 saturated carbocycles. The minimum absolute atomic E-state index is 0.327. The normalized spacial score (nSPS) is 16.8. The lowest BCUT2D eigenvalue weighted by Gasteiger charge is -2.29. The van der Waals surface area contributed by atoms with Crippen molar-refractivity contribution in [3.63, 3.8) is 0 Å². The lowest BCUT2D eigenvalue weighted by atomic mass is 9.98. The molecule has 2 N–H and O–H groups in total. The summed E-state index contributed by atoms with van der Waals surface area (Å²) in [7, 11) is 0. The van der Waals surface area contributed by atoms with Gasteiger partial charge in [-0.3, -0.25) is 4.68 Å². The molecule has 0 spiro atoms. The molecule has 1 rings (SSSR count). The van der Waals surface area contributed by atoms with Crippen LogP contribution in [0.4, 0.5) is 0 Å². The Balaban J connectivity index is 2.48. The lowest BCUT2D eigenvalue weighted by Crippen LogP contribution is -2.46. The zero-order chi connectivity index (χ0) is 13.6. The fourth-order valence-electron chi connectivity index (χ4n) is 2.10. The summed E-state index contributed by atoms with van der Waals surface area (Å²) in [6.45, 7) is 9.84. The second-order valence-corrected chi connectivity index (χ2v) is 5.71. The SMILES string of the molecule is CCCC(C)(O)CNC(Cn1cccn1)C(C)C. The van der Waals surface area contributed by atoms with E-state index in [0.717, 1.165) is 19.4 Å². The van der Waals surface area contributed by atoms with E-state index < -0.39 is 5.60 Å². The molecule has 0 aliphatic carbocycles. The zero-order valence-corrected chi connectivity index (χ0v) is 12.1. The minimum Gasteiger partial charge on any atom is -0.389 e. The minimum atomic E-state index is -0.619. The average molecular weight is 253 g/mol. The highest BCUT2D eigenvalue weighted by Crippen LogP contribution is 2.12. The molecule has 4 nitrogen and oxygen atoms in total. The molecule has 4 heteroatoms. The number of rotatable bonds is 8. The largest absolute Gasteiger partial charge is 0.389 e. The van der Waals surface area contributed by atoms with Gasteiger partial charge >= 0.3 is 0 Å². The summed E-state index contributed by atoms with van der Waals surface area (Å²) in [4.78, 5) is 0. The molecule has 1 aromatic rings. The molecule has 1 heterocycles. The molecule has 0 saturated heterocycles. The number of nitrogens with zero attached hydrogens (tertiary/aromatic N) is 2. The van der Waals surface area contributed by atoms with Crippen LogP contribution in [-0.2, 0) is 6.54 Å². The van der Waals surface area contributed by atoms with Crippen LogP contribution in [0, 0.1) is 5.92 Å². The third-order valence-electron chi connectivity index (χ3n) is 3.28. The second kappa shape index (κ2) is 6.90. The predicted molar refractivity (Wildman–Crippen MR) is 74.4 cm³/mol. The molecule has 0 aliphatic rings. The van der Waals surface area contributed by atoms with Gasteiger partial charge in [-0.15, -0.1) is 0 Å². The summed E-state index contributed by atoms with van der Waals surface area (Å²) >= 11 is 0. The van der Waals surface area contributed by atoms with Crippen LogP contribution in [0.3, 0.4) is 0 Å². The molecule has 0 aromatic carbocycles. The van der Waals surface area contributed by atoms with Gasteiger partial charge in [0.25, 0.3) is 0 Å². The van der Waals surface area contributed by atoms with E-state index in [4.69, 9.17) is 0 Å². The van der Waals surface area contributed by atoms with Crippen LogP contribution in [-0.4, -0.2) is 33.1 Å². The van der Waals surface area contributed by atoms with Gasteiger partial charge in [-0.05, 0) is 25.3 Å². The van der Waals surface area contributed by atoms with Crippen molar-refractivity contribution in [1.29, 1.82) is 0 Å². The maximum absolute atomic E-state index is 10.2. The van der Waals surface area contributed by atoms with E-state index in [1.807, 2.05) is 23.9 Å². The Morgan fingerprint density at radius 3 is 2.67 bits per heavy atom. The summed E-state index contributed by atoms with van der Waals surface area (Å²) in [6, 6.07) is 2.26. The molecule has 1 aromatic heterocycles. The number of aliphatic hydroxyl groups is 1. The highest BCUT2D eigenvalue weighted by Gasteiger charge is 2.22. The Kier molecular flexibility index (Phi) is 5.82. The fraction of sp³-hybridized carbons (Fsp3) is 0.786. The molecule has 104 valence electrons. The summed E-state index contributed by atoms with van der Waals surface area (Å²) in [5, 5.41) is 17.9. The Labute approximate surface area is 110 Å². The van der Waals surface area contributed by atoms with Crippen molar-refractivity contribution in [2.75, 3.05) is 6.54 Å². The van der Waals surface area contributed by atoms with E-state index in [2.05, 4.69) is 31.2 Å². The maximum atomic E-state index is 10.2. The van der Waals surface area contributed by atoms with Gasteiger partial charge in [0.1, 0.15) is 0 Å². The lowest BCUT2D eigenvalue weighted by molar-refractivity contribution is 0.0445. The van der Waals surface area contributed by atoms with Crippen LogP contribution in [0.2, 0.25) is 0 Å². The second-order valence-electron chi connectivity index (χ2n) is 5.71. The molecular weight excluding hydrogens is 226 g/mol. The predicted octanol–water partition coefficient (Wildman–Crippen LogP) is 2.05. The number of hydrogen-bond acceptors (Lipinski definition) is 3. The van der Waals surface area contributed by atoms with Crippen molar-refractivity contribution >= 4 is 0 Å². The Morgan fingerprint density at radius 1 is 1.44 bits per heavy atom. The Bertz CT molecular complexity index is 320. The molecule has 0 bridgehead atoms.